The summed E-state index contributed by atoms with van der Waals surface area (Å²) < 4.78 is 0. The topological polar surface area (TPSA) is 24.9 Å². The summed E-state index contributed by atoms with van der Waals surface area (Å²) in [5.41, 5.74) is 3.67. The van der Waals surface area contributed by atoms with Gasteiger partial charge in [-0.2, -0.15) is 0 Å². The number of benzene rings is 1. The zero-order chi connectivity index (χ0) is 13.1. The molecule has 0 radical (unpaired) electrons. The zero-order valence-electron chi connectivity index (χ0n) is 10.8. The van der Waals surface area contributed by atoms with Gasteiger partial charge in [-0.15, -0.1) is 0 Å². The standard InChI is InChI=1S/C16H17ClN2/c17-14-5-4-12(11-19-15-6-7-15)13(9-14)10-16-3-1-2-8-18-16/h1-5,8-9,15,19H,6-7,10-11H2. The molecule has 0 bridgehead atoms. The minimum absolute atomic E-state index is 0.721. The second-order valence-corrected chi connectivity index (χ2v) is 5.50. The van der Waals surface area contributed by atoms with E-state index in [1.807, 2.05) is 24.4 Å². The van der Waals surface area contributed by atoms with Crippen LogP contribution in [0.25, 0.3) is 0 Å². The van der Waals surface area contributed by atoms with Crippen molar-refractivity contribution in [1.82, 2.24) is 10.3 Å². The molecule has 0 atom stereocenters. The molecule has 3 rings (SSSR count). The van der Waals surface area contributed by atoms with Crippen molar-refractivity contribution in [3.8, 4) is 0 Å². The van der Waals surface area contributed by atoms with E-state index < -0.39 is 0 Å². The first kappa shape index (κ1) is 12.6. The quantitative estimate of drug-likeness (QED) is 0.900. The maximum Gasteiger partial charge on any atom is 0.0447 e. The molecule has 2 aromatic rings. The lowest BCUT2D eigenvalue weighted by molar-refractivity contribution is 0.683. The summed E-state index contributed by atoms with van der Waals surface area (Å²) in [5.74, 6) is 0. The van der Waals surface area contributed by atoms with Gasteiger partial charge in [-0.1, -0.05) is 23.7 Å². The van der Waals surface area contributed by atoms with Gasteiger partial charge >= 0.3 is 0 Å². The minimum Gasteiger partial charge on any atom is -0.310 e. The Morgan fingerprint density at radius 3 is 2.79 bits per heavy atom. The van der Waals surface area contributed by atoms with Crippen molar-refractivity contribution in [3.05, 3.63) is 64.4 Å². The molecule has 0 spiro atoms. The van der Waals surface area contributed by atoms with E-state index in [0.717, 1.165) is 29.7 Å². The van der Waals surface area contributed by atoms with Gasteiger partial charge in [0.25, 0.3) is 0 Å². The average Bonchev–Trinajstić information content (AvgIpc) is 3.23. The lowest BCUT2D eigenvalue weighted by atomic mass is 10.0. The van der Waals surface area contributed by atoms with Crippen LogP contribution in [0.2, 0.25) is 5.02 Å². The molecular weight excluding hydrogens is 256 g/mol. The molecule has 1 aliphatic rings. The maximum atomic E-state index is 6.12. The molecule has 0 aliphatic heterocycles. The van der Waals surface area contributed by atoms with Gasteiger partial charge in [0.1, 0.15) is 0 Å². The van der Waals surface area contributed by atoms with Crippen LogP contribution in [0, 0.1) is 0 Å². The van der Waals surface area contributed by atoms with Crippen LogP contribution in [0.3, 0.4) is 0 Å². The van der Waals surface area contributed by atoms with Gasteiger partial charge < -0.3 is 5.32 Å². The number of nitrogens with one attached hydrogen (secondary N) is 1. The zero-order valence-corrected chi connectivity index (χ0v) is 11.5. The third kappa shape index (κ3) is 3.55. The normalized spacial score (nSPS) is 14.6. The van der Waals surface area contributed by atoms with Gasteiger partial charge in [-0.3, -0.25) is 4.98 Å². The first-order valence-electron chi connectivity index (χ1n) is 6.72. The van der Waals surface area contributed by atoms with Crippen molar-refractivity contribution in [2.45, 2.75) is 31.8 Å². The molecular formula is C16H17ClN2. The molecule has 19 heavy (non-hydrogen) atoms. The summed E-state index contributed by atoms with van der Waals surface area (Å²) in [6, 6.07) is 12.9. The molecule has 0 unspecified atom stereocenters. The summed E-state index contributed by atoms with van der Waals surface area (Å²) in [6.07, 6.45) is 5.29. The summed E-state index contributed by atoms with van der Waals surface area (Å²) in [5, 5.41) is 4.35. The number of rotatable bonds is 5. The molecule has 1 heterocycles. The van der Waals surface area contributed by atoms with Crippen molar-refractivity contribution in [3.63, 3.8) is 0 Å². The number of hydrogen-bond donors (Lipinski definition) is 1. The van der Waals surface area contributed by atoms with Crippen LogP contribution in [-0.4, -0.2) is 11.0 Å². The molecule has 1 aliphatic carbocycles. The largest absolute Gasteiger partial charge is 0.310 e. The maximum absolute atomic E-state index is 6.12. The molecule has 2 nitrogen and oxygen atoms in total. The van der Waals surface area contributed by atoms with E-state index in [1.165, 1.54) is 24.0 Å². The highest BCUT2D eigenvalue weighted by Gasteiger charge is 2.20. The Kier molecular flexibility index (Phi) is 3.81. The highest BCUT2D eigenvalue weighted by atomic mass is 35.5. The van der Waals surface area contributed by atoms with E-state index >= 15 is 0 Å². The number of nitrogens with zero attached hydrogens (tertiary/aromatic N) is 1. The monoisotopic (exact) mass is 272 g/mol. The van der Waals surface area contributed by atoms with Crippen molar-refractivity contribution >= 4 is 11.6 Å². The fraction of sp³-hybridized carbons (Fsp3) is 0.312. The molecule has 98 valence electrons. The van der Waals surface area contributed by atoms with Crippen molar-refractivity contribution in [2.24, 2.45) is 0 Å². The number of hydrogen-bond acceptors (Lipinski definition) is 2. The van der Waals surface area contributed by atoms with Gasteiger partial charge in [0.15, 0.2) is 0 Å². The SMILES string of the molecule is Clc1ccc(CNC2CC2)c(Cc2ccccn2)c1. The first-order chi connectivity index (χ1) is 9.31. The van der Waals surface area contributed by atoms with Gasteiger partial charge in [0.05, 0.1) is 0 Å². The van der Waals surface area contributed by atoms with Gasteiger partial charge in [0, 0.05) is 35.9 Å². The molecule has 3 heteroatoms. The third-order valence-electron chi connectivity index (χ3n) is 3.42. The Labute approximate surface area is 118 Å². The Hall–Kier alpha value is -1.38. The van der Waals surface area contributed by atoms with Crippen LogP contribution in [-0.2, 0) is 13.0 Å². The van der Waals surface area contributed by atoms with Gasteiger partial charge in [-0.05, 0) is 48.2 Å². The predicted octanol–water partition coefficient (Wildman–Crippen LogP) is 3.58. The van der Waals surface area contributed by atoms with Crippen LogP contribution in [0.4, 0.5) is 0 Å². The van der Waals surface area contributed by atoms with E-state index in [0.29, 0.717) is 0 Å². The van der Waals surface area contributed by atoms with E-state index in [1.54, 1.807) is 0 Å². The van der Waals surface area contributed by atoms with E-state index in [9.17, 15) is 0 Å². The molecule has 1 fully saturated rings. The number of pyridine rings is 1. The molecule has 1 aromatic carbocycles. The van der Waals surface area contributed by atoms with Gasteiger partial charge in [-0.25, -0.2) is 0 Å². The Morgan fingerprint density at radius 1 is 1.16 bits per heavy atom. The van der Waals surface area contributed by atoms with Gasteiger partial charge in [0.2, 0.25) is 0 Å². The van der Waals surface area contributed by atoms with Crippen LogP contribution in [0.15, 0.2) is 42.6 Å². The molecule has 1 saturated carbocycles. The summed E-state index contributed by atoms with van der Waals surface area (Å²) in [4.78, 5) is 4.39. The van der Waals surface area contributed by atoms with Crippen molar-refractivity contribution in [1.29, 1.82) is 0 Å². The van der Waals surface area contributed by atoms with E-state index in [2.05, 4.69) is 28.5 Å². The summed E-state index contributed by atoms with van der Waals surface area (Å²) in [6.45, 7) is 0.921. The molecule has 0 amide bonds. The van der Waals surface area contributed by atoms with Crippen LogP contribution >= 0.6 is 11.6 Å². The summed E-state index contributed by atoms with van der Waals surface area (Å²) >= 11 is 6.12. The van der Waals surface area contributed by atoms with Crippen molar-refractivity contribution in [2.75, 3.05) is 0 Å². The van der Waals surface area contributed by atoms with Crippen LogP contribution in [0.5, 0.6) is 0 Å². The van der Waals surface area contributed by atoms with Crippen LogP contribution in [0.1, 0.15) is 29.7 Å². The van der Waals surface area contributed by atoms with Crippen molar-refractivity contribution < 1.29 is 0 Å². The predicted molar refractivity (Wildman–Crippen MR) is 78.4 cm³/mol. The molecule has 1 aromatic heterocycles. The Balaban J connectivity index is 1.78. The lowest BCUT2D eigenvalue weighted by Crippen LogP contribution is -2.16. The molecule has 0 saturated heterocycles. The first-order valence-corrected chi connectivity index (χ1v) is 7.09. The highest BCUT2D eigenvalue weighted by Crippen LogP contribution is 2.22. The van der Waals surface area contributed by atoms with E-state index in [-0.39, 0.29) is 0 Å². The minimum atomic E-state index is 0.721. The Bertz CT molecular complexity index is 550. The van der Waals surface area contributed by atoms with E-state index in [4.69, 9.17) is 11.6 Å². The third-order valence-corrected chi connectivity index (χ3v) is 3.66. The lowest BCUT2D eigenvalue weighted by Gasteiger charge is -2.11. The second kappa shape index (κ2) is 5.72. The van der Waals surface area contributed by atoms with Crippen LogP contribution < -0.4 is 5.32 Å². The highest BCUT2D eigenvalue weighted by molar-refractivity contribution is 6.30. The fourth-order valence-electron chi connectivity index (χ4n) is 2.17. The summed E-state index contributed by atoms with van der Waals surface area (Å²) in [7, 11) is 0. The number of halogens is 1. The second-order valence-electron chi connectivity index (χ2n) is 5.07. The average molecular weight is 273 g/mol. The molecule has 1 N–H and O–H groups in total. The Morgan fingerprint density at radius 2 is 2.05 bits per heavy atom. The fourth-order valence-corrected chi connectivity index (χ4v) is 2.37. The number of aromatic nitrogens is 1. The smallest absolute Gasteiger partial charge is 0.0447 e.